The lowest BCUT2D eigenvalue weighted by Gasteiger charge is -2.16. The Morgan fingerprint density at radius 1 is 1.03 bits per heavy atom. The third-order valence-corrected chi connectivity index (χ3v) is 6.08. The van der Waals surface area contributed by atoms with E-state index in [1.165, 1.54) is 0 Å². The van der Waals surface area contributed by atoms with E-state index in [0.717, 1.165) is 50.1 Å². The Morgan fingerprint density at radius 2 is 1.77 bits per heavy atom. The number of benzene rings is 2. The van der Waals surface area contributed by atoms with Crippen molar-refractivity contribution in [3.63, 3.8) is 0 Å². The Balaban J connectivity index is 1.59. The van der Waals surface area contributed by atoms with Gasteiger partial charge in [-0.05, 0) is 82.3 Å². The van der Waals surface area contributed by atoms with Gasteiger partial charge in [0.15, 0.2) is 0 Å². The van der Waals surface area contributed by atoms with E-state index in [4.69, 9.17) is 4.74 Å². The lowest BCUT2D eigenvalue weighted by molar-refractivity contribution is 0.411. The van der Waals surface area contributed by atoms with Crippen LogP contribution in [0.2, 0.25) is 0 Å². The summed E-state index contributed by atoms with van der Waals surface area (Å²) in [6.45, 7) is 1.88. The largest absolute Gasteiger partial charge is 0.495 e. The van der Waals surface area contributed by atoms with Crippen LogP contribution in [0.4, 0.5) is 23.5 Å². The van der Waals surface area contributed by atoms with Crippen LogP contribution in [0.25, 0.3) is 0 Å². The van der Waals surface area contributed by atoms with Gasteiger partial charge in [-0.15, -0.1) is 0 Å². The number of halogens is 2. The van der Waals surface area contributed by atoms with E-state index in [2.05, 4.69) is 86.9 Å². The van der Waals surface area contributed by atoms with Gasteiger partial charge in [-0.3, -0.25) is 0 Å². The molecule has 0 spiro atoms. The average molecular weight is 641 g/mol. The highest BCUT2D eigenvalue weighted by Crippen LogP contribution is 2.27. The number of methoxy groups -OCH3 is 1. The Hall–Kier alpha value is -2.22. The second-order valence-corrected chi connectivity index (χ2v) is 9.26. The number of ether oxygens (including phenoxy) is 1. The van der Waals surface area contributed by atoms with Crippen molar-refractivity contribution in [2.24, 2.45) is 5.10 Å². The van der Waals surface area contributed by atoms with Crippen molar-refractivity contribution in [3.05, 3.63) is 55.2 Å². The molecule has 10 heteroatoms. The Kier molecular flexibility index (Phi) is 7.37. The first-order chi connectivity index (χ1) is 15.1. The van der Waals surface area contributed by atoms with Gasteiger partial charge >= 0.3 is 0 Å². The molecule has 0 atom stereocenters. The van der Waals surface area contributed by atoms with Crippen LogP contribution in [0.3, 0.4) is 0 Å². The molecule has 8 nitrogen and oxygen atoms in total. The number of para-hydroxylation sites is 1. The molecular formula is C21H21I2N7O. The van der Waals surface area contributed by atoms with Crippen LogP contribution in [0.5, 0.6) is 5.75 Å². The molecule has 1 aliphatic heterocycles. The fourth-order valence-corrected chi connectivity index (χ4v) is 5.34. The minimum absolute atomic E-state index is 0.380. The highest BCUT2D eigenvalue weighted by molar-refractivity contribution is 14.1. The van der Waals surface area contributed by atoms with E-state index in [9.17, 15) is 0 Å². The van der Waals surface area contributed by atoms with E-state index >= 15 is 0 Å². The predicted octanol–water partition coefficient (Wildman–Crippen LogP) is 4.88. The van der Waals surface area contributed by atoms with Gasteiger partial charge in [0.2, 0.25) is 17.8 Å². The number of hydrazone groups is 1. The summed E-state index contributed by atoms with van der Waals surface area (Å²) in [7, 11) is 1.66. The van der Waals surface area contributed by atoms with Crippen molar-refractivity contribution in [1.82, 2.24) is 15.0 Å². The molecule has 0 amide bonds. The second-order valence-electron chi connectivity index (χ2n) is 6.85. The van der Waals surface area contributed by atoms with E-state index in [1.54, 1.807) is 13.3 Å². The van der Waals surface area contributed by atoms with Gasteiger partial charge in [-0.2, -0.15) is 20.1 Å². The van der Waals surface area contributed by atoms with E-state index < -0.39 is 0 Å². The zero-order valence-corrected chi connectivity index (χ0v) is 21.2. The van der Waals surface area contributed by atoms with Gasteiger partial charge in [-0.1, -0.05) is 18.2 Å². The number of aromatic nitrogens is 3. The van der Waals surface area contributed by atoms with Crippen LogP contribution in [-0.4, -0.2) is 41.4 Å². The zero-order valence-electron chi connectivity index (χ0n) is 16.8. The van der Waals surface area contributed by atoms with Gasteiger partial charge < -0.3 is 15.0 Å². The highest BCUT2D eigenvalue weighted by Gasteiger charge is 2.17. The number of nitrogens with zero attached hydrogens (tertiary/aromatic N) is 5. The van der Waals surface area contributed by atoms with E-state index in [0.29, 0.717) is 17.8 Å². The first kappa shape index (κ1) is 22.0. The molecule has 0 saturated carbocycles. The molecule has 1 saturated heterocycles. The van der Waals surface area contributed by atoms with Crippen LogP contribution >= 0.6 is 45.2 Å². The number of hydrogen-bond donors (Lipinski definition) is 2. The van der Waals surface area contributed by atoms with Crippen LogP contribution in [0.15, 0.2) is 47.6 Å². The van der Waals surface area contributed by atoms with Crippen LogP contribution in [0.1, 0.15) is 18.4 Å². The van der Waals surface area contributed by atoms with Crippen molar-refractivity contribution in [3.8, 4) is 5.75 Å². The molecule has 4 rings (SSSR count). The minimum atomic E-state index is 0.380. The molecule has 1 aliphatic rings. The second kappa shape index (κ2) is 10.4. The number of nitrogens with one attached hydrogen (secondary N) is 2. The maximum atomic E-state index is 5.52. The maximum Gasteiger partial charge on any atom is 0.250 e. The van der Waals surface area contributed by atoms with Crippen molar-refractivity contribution >= 4 is 74.9 Å². The Morgan fingerprint density at radius 3 is 2.52 bits per heavy atom. The topological polar surface area (TPSA) is 87.6 Å². The zero-order chi connectivity index (χ0) is 21.6. The lowest BCUT2D eigenvalue weighted by Crippen LogP contribution is -2.21. The smallest absolute Gasteiger partial charge is 0.250 e. The first-order valence-corrected chi connectivity index (χ1v) is 11.9. The summed E-state index contributed by atoms with van der Waals surface area (Å²) in [5, 5.41) is 7.60. The summed E-state index contributed by atoms with van der Waals surface area (Å²) in [4.78, 5) is 15.8. The number of rotatable bonds is 7. The highest BCUT2D eigenvalue weighted by atomic mass is 127. The third-order valence-electron chi connectivity index (χ3n) is 4.65. The molecule has 1 fully saturated rings. The molecule has 160 valence electrons. The average Bonchev–Trinajstić information content (AvgIpc) is 3.29. The molecule has 2 aromatic carbocycles. The van der Waals surface area contributed by atoms with E-state index in [-0.39, 0.29) is 0 Å². The number of hydrogen-bond acceptors (Lipinski definition) is 8. The third kappa shape index (κ3) is 5.73. The van der Waals surface area contributed by atoms with Gasteiger partial charge in [0, 0.05) is 27.9 Å². The molecule has 2 heterocycles. The minimum Gasteiger partial charge on any atom is -0.495 e. The van der Waals surface area contributed by atoms with Crippen molar-refractivity contribution in [1.29, 1.82) is 0 Å². The standard InChI is InChI=1S/C21H21I2N7O/c1-31-18-14(11-15(22)12-17(18)23)13-24-29-20-26-19(25-16-7-3-2-4-8-16)27-21(28-20)30-9-5-6-10-30/h2-4,7-8,11-13H,5-6,9-10H2,1H3,(H2,25,26,27,28,29)/b24-13+. The van der Waals surface area contributed by atoms with Crippen molar-refractivity contribution in [2.75, 3.05) is 35.8 Å². The van der Waals surface area contributed by atoms with Crippen molar-refractivity contribution in [2.45, 2.75) is 12.8 Å². The van der Waals surface area contributed by atoms with Crippen LogP contribution in [0, 0.1) is 7.14 Å². The quantitative estimate of drug-likeness (QED) is 0.216. The molecule has 0 unspecified atom stereocenters. The fraction of sp³-hybridized carbons (Fsp3) is 0.238. The molecular weight excluding hydrogens is 620 g/mol. The summed E-state index contributed by atoms with van der Waals surface area (Å²) in [6, 6.07) is 13.9. The fourth-order valence-electron chi connectivity index (χ4n) is 3.23. The SMILES string of the molecule is COc1c(I)cc(I)cc1/C=N/Nc1nc(Nc2ccccc2)nc(N2CCCC2)n1. The van der Waals surface area contributed by atoms with E-state index in [1.807, 2.05) is 36.4 Å². The lowest BCUT2D eigenvalue weighted by atomic mass is 10.2. The normalized spacial score (nSPS) is 13.6. The van der Waals surface area contributed by atoms with Gasteiger partial charge in [0.1, 0.15) is 5.75 Å². The molecule has 0 radical (unpaired) electrons. The predicted molar refractivity (Wildman–Crippen MR) is 141 cm³/mol. The summed E-state index contributed by atoms with van der Waals surface area (Å²) >= 11 is 4.54. The van der Waals surface area contributed by atoms with Crippen molar-refractivity contribution < 1.29 is 4.74 Å². The maximum absolute atomic E-state index is 5.52. The molecule has 3 aromatic rings. The summed E-state index contributed by atoms with van der Waals surface area (Å²) < 4.78 is 7.65. The monoisotopic (exact) mass is 641 g/mol. The van der Waals surface area contributed by atoms with Gasteiger partial charge in [0.25, 0.3) is 0 Å². The number of anilines is 4. The Bertz CT molecular complexity index is 1070. The summed E-state index contributed by atoms with van der Waals surface area (Å²) in [5.74, 6) is 2.28. The van der Waals surface area contributed by atoms with Crippen LogP contribution in [-0.2, 0) is 0 Å². The van der Waals surface area contributed by atoms with Crippen LogP contribution < -0.4 is 20.4 Å². The van der Waals surface area contributed by atoms with Gasteiger partial charge in [0.05, 0.1) is 16.9 Å². The molecule has 2 N–H and O–H groups in total. The summed E-state index contributed by atoms with van der Waals surface area (Å²) in [5.41, 5.74) is 4.74. The first-order valence-electron chi connectivity index (χ1n) is 9.77. The molecule has 0 bridgehead atoms. The summed E-state index contributed by atoms with van der Waals surface area (Å²) in [6.07, 6.45) is 3.99. The van der Waals surface area contributed by atoms with Gasteiger partial charge in [-0.25, -0.2) is 5.43 Å². The molecule has 0 aliphatic carbocycles. The molecule has 31 heavy (non-hydrogen) atoms. The molecule has 1 aromatic heterocycles. The Labute approximate surface area is 208 Å².